The SMILES string of the molecule is COC(c1ccc(Cl)cc1)C(C)NC(=O)c1c(C)coc1CC(=O)O. The number of ether oxygens (including phenoxy) is 1. The zero-order valence-electron chi connectivity index (χ0n) is 14.2. The van der Waals surface area contributed by atoms with Crippen molar-refractivity contribution in [2.45, 2.75) is 32.4 Å². The minimum atomic E-state index is -1.06. The van der Waals surface area contributed by atoms with Gasteiger partial charge in [0.25, 0.3) is 5.91 Å². The summed E-state index contributed by atoms with van der Waals surface area (Å²) in [4.78, 5) is 23.5. The first-order valence-electron chi connectivity index (χ1n) is 7.71. The fourth-order valence-electron chi connectivity index (χ4n) is 2.71. The molecular weight excluding hydrogens is 346 g/mol. The lowest BCUT2D eigenvalue weighted by atomic mass is 10.0. The number of carbonyl (C=O) groups excluding carboxylic acids is 1. The summed E-state index contributed by atoms with van der Waals surface area (Å²) in [5.74, 6) is -1.33. The Morgan fingerprint density at radius 3 is 2.52 bits per heavy atom. The van der Waals surface area contributed by atoms with E-state index < -0.39 is 11.9 Å². The highest BCUT2D eigenvalue weighted by Gasteiger charge is 2.25. The van der Waals surface area contributed by atoms with E-state index in [0.29, 0.717) is 10.6 Å². The highest BCUT2D eigenvalue weighted by atomic mass is 35.5. The Morgan fingerprint density at radius 2 is 1.96 bits per heavy atom. The molecule has 25 heavy (non-hydrogen) atoms. The van der Waals surface area contributed by atoms with E-state index in [1.165, 1.54) is 6.26 Å². The smallest absolute Gasteiger partial charge is 0.311 e. The van der Waals surface area contributed by atoms with Gasteiger partial charge >= 0.3 is 5.97 Å². The summed E-state index contributed by atoms with van der Waals surface area (Å²) in [5.41, 5.74) is 1.70. The van der Waals surface area contributed by atoms with Crippen LogP contribution in [0.3, 0.4) is 0 Å². The van der Waals surface area contributed by atoms with Gasteiger partial charge < -0.3 is 19.6 Å². The van der Waals surface area contributed by atoms with Gasteiger partial charge in [-0.15, -0.1) is 0 Å². The second-order valence-electron chi connectivity index (χ2n) is 5.76. The number of hydrogen-bond donors (Lipinski definition) is 2. The van der Waals surface area contributed by atoms with Gasteiger partial charge in [-0.1, -0.05) is 23.7 Å². The molecule has 134 valence electrons. The lowest BCUT2D eigenvalue weighted by Crippen LogP contribution is -2.38. The van der Waals surface area contributed by atoms with Crippen LogP contribution in [0.25, 0.3) is 0 Å². The fraction of sp³-hybridized carbons (Fsp3) is 0.333. The number of hydrogen-bond acceptors (Lipinski definition) is 4. The highest BCUT2D eigenvalue weighted by Crippen LogP contribution is 2.24. The van der Waals surface area contributed by atoms with E-state index in [1.807, 2.05) is 19.1 Å². The van der Waals surface area contributed by atoms with E-state index in [1.54, 1.807) is 26.2 Å². The average Bonchev–Trinajstić information content (AvgIpc) is 2.89. The minimum absolute atomic E-state index is 0.134. The van der Waals surface area contributed by atoms with Gasteiger partial charge in [-0.2, -0.15) is 0 Å². The summed E-state index contributed by atoms with van der Waals surface area (Å²) < 4.78 is 10.7. The molecule has 0 saturated carbocycles. The van der Waals surface area contributed by atoms with Crippen LogP contribution in [0, 0.1) is 6.92 Å². The lowest BCUT2D eigenvalue weighted by Gasteiger charge is -2.24. The second kappa shape index (κ2) is 8.18. The Labute approximate surface area is 150 Å². The standard InChI is InChI=1S/C18H20ClNO5/c1-10-9-25-14(8-15(21)22)16(10)18(23)20-11(2)17(24-3)12-4-6-13(19)7-5-12/h4-7,9,11,17H,8H2,1-3H3,(H,20,23)(H,21,22). The Balaban J connectivity index is 2.17. The van der Waals surface area contributed by atoms with E-state index in [2.05, 4.69) is 5.32 Å². The molecule has 2 unspecified atom stereocenters. The molecule has 2 rings (SSSR count). The van der Waals surface area contributed by atoms with E-state index in [4.69, 9.17) is 25.9 Å². The van der Waals surface area contributed by atoms with Crippen molar-refractivity contribution < 1.29 is 23.8 Å². The van der Waals surface area contributed by atoms with Crippen LogP contribution in [0.5, 0.6) is 0 Å². The highest BCUT2D eigenvalue weighted by molar-refractivity contribution is 6.30. The second-order valence-corrected chi connectivity index (χ2v) is 6.19. The zero-order valence-corrected chi connectivity index (χ0v) is 15.0. The number of carbonyl (C=O) groups is 2. The molecular formula is C18H20ClNO5. The Kier molecular flexibility index (Phi) is 6.22. The predicted molar refractivity (Wildman–Crippen MR) is 92.9 cm³/mol. The maximum absolute atomic E-state index is 12.6. The Hall–Kier alpha value is -2.31. The average molecular weight is 366 g/mol. The van der Waals surface area contributed by atoms with Crippen molar-refractivity contribution in [1.82, 2.24) is 5.32 Å². The molecule has 1 aromatic carbocycles. The topological polar surface area (TPSA) is 88.8 Å². The maximum Gasteiger partial charge on any atom is 0.311 e. The molecule has 0 saturated heterocycles. The first kappa shape index (κ1) is 19.0. The first-order valence-corrected chi connectivity index (χ1v) is 8.09. The summed E-state index contributed by atoms with van der Waals surface area (Å²) in [5, 5.41) is 12.4. The summed E-state index contributed by atoms with van der Waals surface area (Å²) in [6, 6.07) is 6.81. The number of methoxy groups -OCH3 is 1. The molecule has 0 radical (unpaired) electrons. The van der Waals surface area contributed by atoms with Crippen LogP contribution in [-0.2, 0) is 16.0 Å². The van der Waals surface area contributed by atoms with Crippen molar-refractivity contribution in [2.75, 3.05) is 7.11 Å². The van der Waals surface area contributed by atoms with Crippen molar-refractivity contribution in [3.63, 3.8) is 0 Å². The number of carboxylic acid groups (broad SMARTS) is 1. The summed E-state index contributed by atoms with van der Waals surface area (Å²) in [7, 11) is 1.56. The van der Waals surface area contributed by atoms with Crippen LogP contribution in [0.1, 0.15) is 40.3 Å². The lowest BCUT2D eigenvalue weighted by molar-refractivity contribution is -0.136. The number of amides is 1. The summed E-state index contributed by atoms with van der Waals surface area (Å²) in [6.45, 7) is 3.51. The first-order chi connectivity index (χ1) is 11.8. The van der Waals surface area contributed by atoms with Gasteiger partial charge in [0.05, 0.1) is 17.9 Å². The van der Waals surface area contributed by atoms with Crippen LogP contribution in [0.4, 0.5) is 0 Å². The predicted octanol–water partition coefficient (Wildman–Crippen LogP) is 3.37. The van der Waals surface area contributed by atoms with Crippen molar-refractivity contribution in [3.05, 3.63) is 58.0 Å². The molecule has 0 bridgehead atoms. The van der Waals surface area contributed by atoms with E-state index in [9.17, 15) is 9.59 Å². The summed E-state index contributed by atoms with van der Waals surface area (Å²) in [6.07, 6.45) is 0.650. The van der Waals surface area contributed by atoms with Crippen LogP contribution in [0.2, 0.25) is 5.02 Å². The third-order valence-electron chi connectivity index (χ3n) is 3.86. The van der Waals surface area contributed by atoms with Gasteiger partial charge in [-0.25, -0.2) is 0 Å². The number of carboxylic acids is 1. The van der Waals surface area contributed by atoms with Gasteiger partial charge in [0.2, 0.25) is 0 Å². The van der Waals surface area contributed by atoms with Crippen molar-refractivity contribution in [3.8, 4) is 0 Å². The van der Waals surface area contributed by atoms with Gasteiger partial charge in [-0.3, -0.25) is 9.59 Å². The molecule has 7 heteroatoms. The quantitative estimate of drug-likeness (QED) is 0.785. The molecule has 1 aromatic heterocycles. The van der Waals surface area contributed by atoms with Gasteiger partial charge in [0.1, 0.15) is 18.3 Å². The molecule has 1 amide bonds. The molecule has 0 aliphatic carbocycles. The number of halogens is 1. The van der Waals surface area contributed by atoms with Crippen molar-refractivity contribution in [2.24, 2.45) is 0 Å². The number of benzene rings is 1. The van der Waals surface area contributed by atoms with Gasteiger partial charge in [0.15, 0.2) is 0 Å². The monoisotopic (exact) mass is 365 g/mol. The van der Waals surface area contributed by atoms with Crippen LogP contribution in [0.15, 0.2) is 34.9 Å². The largest absolute Gasteiger partial charge is 0.481 e. The minimum Gasteiger partial charge on any atom is -0.481 e. The zero-order chi connectivity index (χ0) is 18.6. The molecule has 0 aliphatic heterocycles. The van der Waals surface area contributed by atoms with Crippen LogP contribution in [-0.4, -0.2) is 30.1 Å². The maximum atomic E-state index is 12.6. The van der Waals surface area contributed by atoms with Crippen LogP contribution < -0.4 is 5.32 Å². The molecule has 0 fully saturated rings. The number of aliphatic carboxylic acids is 1. The third kappa shape index (κ3) is 4.61. The van der Waals surface area contributed by atoms with E-state index in [0.717, 1.165) is 5.56 Å². The van der Waals surface area contributed by atoms with Crippen LogP contribution >= 0.6 is 11.6 Å². The number of aryl methyl sites for hydroxylation is 1. The normalized spacial score (nSPS) is 13.3. The van der Waals surface area contributed by atoms with Crippen molar-refractivity contribution in [1.29, 1.82) is 0 Å². The fourth-order valence-corrected chi connectivity index (χ4v) is 2.83. The Bertz CT molecular complexity index is 753. The number of nitrogens with one attached hydrogen (secondary N) is 1. The van der Waals surface area contributed by atoms with E-state index >= 15 is 0 Å². The molecule has 1 heterocycles. The summed E-state index contributed by atoms with van der Waals surface area (Å²) >= 11 is 5.90. The number of rotatable bonds is 7. The molecule has 0 spiro atoms. The Morgan fingerprint density at radius 1 is 1.32 bits per heavy atom. The molecule has 0 aliphatic rings. The van der Waals surface area contributed by atoms with Gasteiger partial charge in [0, 0.05) is 17.7 Å². The molecule has 6 nitrogen and oxygen atoms in total. The van der Waals surface area contributed by atoms with Crippen molar-refractivity contribution >= 4 is 23.5 Å². The molecule has 2 aromatic rings. The number of furan rings is 1. The van der Waals surface area contributed by atoms with E-state index in [-0.39, 0.29) is 29.9 Å². The molecule has 2 N–H and O–H groups in total. The molecule has 2 atom stereocenters. The van der Waals surface area contributed by atoms with Gasteiger partial charge in [-0.05, 0) is 31.5 Å². The third-order valence-corrected chi connectivity index (χ3v) is 4.11.